The summed E-state index contributed by atoms with van der Waals surface area (Å²) < 4.78 is 11.1. The van der Waals surface area contributed by atoms with E-state index in [9.17, 15) is 9.59 Å². The minimum absolute atomic E-state index is 0.0586. The molecule has 28 heavy (non-hydrogen) atoms. The molecular weight excluding hydrogens is 358 g/mol. The van der Waals surface area contributed by atoms with E-state index in [0.717, 1.165) is 24.2 Å². The van der Waals surface area contributed by atoms with Crippen LogP contribution in [0.4, 0.5) is 0 Å². The van der Waals surface area contributed by atoms with Crippen LogP contribution in [-0.2, 0) is 4.79 Å². The Labute approximate surface area is 163 Å². The summed E-state index contributed by atoms with van der Waals surface area (Å²) >= 11 is 0. The van der Waals surface area contributed by atoms with Crippen LogP contribution >= 0.6 is 0 Å². The molecule has 1 fully saturated rings. The van der Waals surface area contributed by atoms with E-state index in [1.165, 1.54) is 12.3 Å². The summed E-state index contributed by atoms with van der Waals surface area (Å²) in [6, 6.07) is 10.7. The number of hydrogen-bond acceptors (Lipinski definition) is 5. The lowest BCUT2D eigenvalue weighted by molar-refractivity contribution is -0.128. The number of carbonyl (C=O) groups excluding carboxylic acids is 2. The maximum absolute atomic E-state index is 12.5. The second-order valence-electron chi connectivity index (χ2n) is 6.51. The fourth-order valence-electron chi connectivity index (χ4n) is 3.03. The van der Waals surface area contributed by atoms with Crippen molar-refractivity contribution in [2.24, 2.45) is 5.73 Å². The number of piperidine rings is 1. The molecule has 0 saturated carbocycles. The fraction of sp³-hybridized carbons (Fsp3) is 0.286. The number of methoxy groups -OCH3 is 1. The number of ether oxygens (including phenoxy) is 2. The highest BCUT2D eigenvalue weighted by atomic mass is 16.5. The summed E-state index contributed by atoms with van der Waals surface area (Å²) in [5.41, 5.74) is 6.33. The van der Waals surface area contributed by atoms with Crippen molar-refractivity contribution < 1.29 is 19.1 Å². The minimum atomic E-state index is -0.602. The van der Waals surface area contributed by atoms with Crippen LogP contribution in [0, 0.1) is 0 Å². The largest absolute Gasteiger partial charge is 0.497 e. The first-order valence-electron chi connectivity index (χ1n) is 9.08. The van der Waals surface area contributed by atoms with Crippen LogP contribution in [-0.4, -0.2) is 48.0 Å². The molecule has 2 heterocycles. The zero-order valence-corrected chi connectivity index (χ0v) is 15.7. The van der Waals surface area contributed by atoms with Gasteiger partial charge in [-0.15, -0.1) is 0 Å². The Hall–Kier alpha value is -3.35. The van der Waals surface area contributed by atoms with Crippen molar-refractivity contribution in [2.45, 2.75) is 18.9 Å². The topological polar surface area (TPSA) is 94.8 Å². The lowest BCUT2D eigenvalue weighted by atomic mass is 10.1. The second kappa shape index (κ2) is 9.03. The van der Waals surface area contributed by atoms with Crippen LogP contribution in [0.25, 0.3) is 6.08 Å². The van der Waals surface area contributed by atoms with Crippen molar-refractivity contribution in [1.82, 2.24) is 9.88 Å². The molecule has 146 valence electrons. The second-order valence-corrected chi connectivity index (χ2v) is 6.51. The summed E-state index contributed by atoms with van der Waals surface area (Å²) in [4.78, 5) is 29.4. The lowest BCUT2D eigenvalue weighted by Gasteiger charge is -2.32. The van der Waals surface area contributed by atoms with Crippen molar-refractivity contribution in [3.63, 3.8) is 0 Å². The quantitative estimate of drug-likeness (QED) is 0.775. The molecule has 0 aliphatic carbocycles. The predicted octanol–water partition coefficient (Wildman–Crippen LogP) is 2.27. The minimum Gasteiger partial charge on any atom is -0.497 e. The molecular formula is C21H23N3O4. The van der Waals surface area contributed by atoms with Gasteiger partial charge in [-0.3, -0.25) is 14.6 Å². The molecule has 0 radical (unpaired) electrons. The Kier molecular flexibility index (Phi) is 6.26. The average molecular weight is 381 g/mol. The van der Waals surface area contributed by atoms with Gasteiger partial charge >= 0.3 is 0 Å². The maximum atomic E-state index is 12.5. The van der Waals surface area contributed by atoms with Gasteiger partial charge in [-0.05, 0) is 42.7 Å². The molecule has 1 saturated heterocycles. The third-order valence-corrected chi connectivity index (χ3v) is 4.51. The normalized spacial score (nSPS) is 16.8. The molecule has 0 spiro atoms. The molecule has 1 aromatic carbocycles. The predicted molar refractivity (Wildman–Crippen MR) is 105 cm³/mol. The maximum Gasteiger partial charge on any atom is 0.267 e. The number of aromatic nitrogens is 1. The summed E-state index contributed by atoms with van der Waals surface area (Å²) in [6.45, 7) is 1.18. The van der Waals surface area contributed by atoms with Gasteiger partial charge in [0.1, 0.15) is 23.3 Å². The number of carbonyl (C=O) groups is 2. The van der Waals surface area contributed by atoms with E-state index in [0.29, 0.717) is 18.8 Å². The highest BCUT2D eigenvalue weighted by molar-refractivity contribution is 5.92. The first-order chi connectivity index (χ1) is 13.5. The van der Waals surface area contributed by atoms with Gasteiger partial charge in [-0.2, -0.15) is 0 Å². The van der Waals surface area contributed by atoms with E-state index in [1.54, 1.807) is 30.2 Å². The number of amides is 2. The molecule has 2 aromatic rings. The smallest absolute Gasteiger partial charge is 0.267 e. The van der Waals surface area contributed by atoms with Crippen LogP contribution < -0.4 is 15.2 Å². The number of likely N-dealkylation sites (tertiary alicyclic amines) is 1. The van der Waals surface area contributed by atoms with E-state index >= 15 is 0 Å². The summed E-state index contributed by atoms with van der Waals surface area (Å²) in [5, 5.41) is 0. The number of pyridine rings is 1. The highest BCUT2D eigenvalue weighted by Crippen LogP contribution is 2.19. The standard InChI is InChI=1S/C21H23N3O4/c1-27-16-7-4-15(5-8-16)6-9-20(25)24-12-2-3-18(14-24)28-17-10-11-23-19(13-17)21(22)26/h4-11,13,18H,2-3,12,14H2,1H3,(H2,22,26)/b9-6+. The Morgan fingerprint density at radius 2 is 2.00 bits per heavy atom. The average Bonchev–Trinajstić information content (AvgIpc) is 2.72. The van der Waals surface area contributed by atoms with Crippen LogP contribution in [0.3, 0.4) is 0 Å². The van der Waals surface area contributed by atoms with Gasteiger partial charge in [0.15, 0.2) is 0 Å². The van der Waals surface area contributed by atoms with Crippen LogP contribution in [0.2, 0.25) is 0 Å². The van der Waals surface area contributed by atoms with Gasteiger partial charge in [0.05, 0.1) is 13.7 Å². The molecule has 2 N–H and O–H groups in total. The third kappa shape index (κ3) is 5.09. The van der Waals surface area contributed by atoms with Gasteiger partial charge in [0.2, 0.25) is 5.91 Å². The van der Waals surface area contributed by atoms with Gasteiger partial charge < -0.3 is 20.1 Å². The Morgan fingerprint density at radius 3 is 2.71 bits per heavy atom. The fourth-order valence-corrected chi connectivity index (χ4v) is 3.03. The molecule has 1 aromatic heterocycles. The number of nitrogens with zero attached hydrogens (tertiary/aromatic N) is 2. The first-order valence-corrected chi connectivity index (χ1v) is 9.08. The summed E-state index contributed by atoms with van der Waals surface area (Å²) in [6.07, 6.45) is 6.38. The number of rotatable bonds is 6. The SMILES string of the molecule is COc1ccc(/C=C/C(=O)N2CCCC(Oc3ccnc(C(N)=O)c3)C2)cc1. The Balaban J connectivity index is 1.59. The summed E-state index contributed by atoms with van der Waals surface area (Å²) in [5.74, 6) is 0.637. The number of primary amides is 1. The first kappa shape index (κ1) is 19.4. The Bertz CT molecular complexity index is 864. The van der Waals surface area contributed by atoms with Crippen molar-refractivity contribution in [2.75, 3.05) is 20.2 Å². The van der Waals surface area contributed by atoms with E-state index in [-0.39, 0.29) is 17.7 Å². The number of nitrogens with two attached hydrogens (primary N) is 1. The molecule has 1 atom stereocenters. The van der Waals surface area contributed by atoms with Gasteiger partial charge in [-0.1, -0.05) is 12.1 Å². The molecule has 7 nitrogen and oxygen atoms in total. The van der Waals surface area contributed by atoms with Crippen molar-refractivity contribution in [3.05, 3.63) is 59.9 Å². The molecule has 2 amide bonds. The molecule has 3 rings (SSSR count). The molecule has 7 heteroatoms. The third-order valence-electron chi connectivity index (χ3n) is 4.51. The van der Waals surface area contributed by atoms with E-state index in [2.05, 4.69) is 4.98 Å². The van der Waals surface area contributed by atoms with Crippen LogP contribution in [0.15, 0.2) is 48.7 Å². The monoisotopic (exact) mass is 381 g/mol. The van der Waals surface area contributed by atoms with Crippen molar-refractivity contribution in [3.8, 4) is 11.5 Å². The van der Waals surface area contributed by atoms with Crippen molar-refractivity contribution >= 4 is 17.9 Å². The van der Waals surface area contributed by atoms with Gasteiger partial charge in [-0.25, -0.2) is 0 Å². The van der Waals surface area contributed by atoms with E-state index < -0.39 is 5.91 Å². The van der Waals surface area contributed by atoms with Crippen LogP contribution in [0.5, 0.6) is 11.5 Å². The van der Waals surface area contributed by atoms with Crippen molar-refractivity contribution in [1.29, 1.82) is 0 Å². The van der Waals surface area contributed by atoms with Crippen LogP contribution in [0.1, 0.15) is 28.9 Å². The van der Waals surface area contributed by atoms with E-state index in [4.69, 9.17) is 15.2 Å². The summed E-state index contributed by atoms with van der Waals surface area (Å²) in [7, 11) is 1.61. The Morgan fingerprint density at radius 1 is 1.21 bits per heavy atom. The molecule has 1 aliphatic rings. The number of benzene rings is 1. The van der Waals surface area contributed by atoms with Gasteiger partial charge in [0.25, 0.3) is 5.91 Å². The zero-order valence-electron chi connectivity index (χ0n) is 15.7. The molecule has 1 aliphatic heterocycles. The molecule has 1 unspecified atom stereocenters. The highest BCUT2D eigenvalue weighted by Gasteiger charge is 2.24. The lowest BCUT2D eigenvalue weighted by Crippen LogP contribution is -2.43. The molecule has 0 bridgehead atoms. The zero-order chi connectivity index (χ0) is 19.9. The number of hydrogen-bond donors (Lipinski definition) is 1. The van der Waals surface area contributed by atoms with E-state index in [1.807, 2.05) is 24.3 Å². The van der Waals surface area contributed by atoms with Gasteiger partial charge in [0, 0.05) is 24.9 Å².